The van der Waals surface area contributed by atoms with Crippen LogP contribution in [-0.2, 0) is 0 Å². The van der Waals surface area contributed by atoms with E-state index in [0.717, 1.165) is 30.9 Å². The highest BCUT2D eigenvalue weighted by atomic mass is 32.1. The fraction of sp³-hybridized carbons (Fsp3) is 0.571. The Balaban J connectivity index is 2.51. The van der Waals surface area contributed by atoms with Crippen LogP contribution in [0.2, 0.25) is 0 Å². The Hall–Kier alpha value is -1.56. The minimum Gasteiger partial charge on any atom is -0.397 e. The lowest BCUT2D eigenvalue weighted by molar-refractivity contribution is 0.0944. The van der Waals surface area contributed by atoms with Gasteiger partial charge in [-0.1, -0.05) is 13.8 Å². The highest BCUT2D eigenvalue weighted by Crippen LogP contribution is 2.40. The van der Waals surface area contributed by atoms with Crippen molar-refractivity contribution in [3.8, 4) is 0 Å². The molecule has 6 heteroatoms. The van der Waals surface area contributed by atoms with Crippen LogP contribution in [-0.4, -0.2) is 31.8 Å². The first-order chi connectivity index (χ1) is 9.47. The van der Waals surface area contributed by atoms with Crippen LogP contribution in [0.15, 0.2) is 0 Å². The number of Topliss-reactive ketones (excluding diaryl/α,β-unsaturated/α-hetero) is 1. The van der Waals surface area contributed by atoms with Crippen molar-refractivity contribution in [1.82, 2.24) is 5.32 Å². The number of nitrogens with zero attached hydrogens (tertiary/aromatic N) is 1. The number of amides is 1. The third-order valence-electron chi connectivity index (χ3n) is 3.52. The minimum atomic E-state index is -0.219. The number of ketones is 1. The Labute approximate surface area is 123 Å². The van der Waals surface area contributed by atoms with E-state index in [1.807, 2.05) is 13.8 Å². The summed E-state index contributed by atoms with van der Waals surface area (Å²) in [6, 6.07) is 0. The zero-order valence-electron chi connectivity index (χ0n) is 12.2. The zero-order chi connectivity index (χ0) is 14.9. The second kappa shape index (κ2) is 5.83. The van der Waals surface area contributed by atoms with Gasteiger partial charge >= 0.3 is 0 Å². The van der Waals surface area contributed by atoms with Gasteiger partial charge in [-0.05, 0) is 12.8 Å². The van der Waals surface area contributed by atoms with Crippen LogP contribution >= 0.6 is 11.3 Å². The molecule has 1 amide bonds. The average Bonchev–Trinajstić information content (AvgIpc) is 3.04. The van der Waals surface area contributed by atoms with Crippen LogP contribution < -0.4 is 16.0 Å². The minimum absolute atomic E-state index is 0.00287. The van der Waals surface area contributed by atoms with Gasteiger partial charge in [0.15, 0.2) is 5.78 Å². The van der Waals surface area contributed by atoms with Gasteiger partial charge in [0, 0.05) is 26.1 Å². The Kier molecular flexibility index (Phi) is 4.32. The van der Waals surface area contributed by atoms with E-state index in [1.54, 1.807) is 7.05 Å². The van der Waals surface area contributed by atoms with Gasteiger partial charge in [-0.25, -0.2) is 0 Å². The molecule has 1 aromatic rings. The van der Waals surface area contributed by atoms with Crippen molar-refractivity contribution < 1.29 is 9.59 Å². The number of nitrogen functional groups attached to an aromatic ring is 1. The van der Waals surface area contributed by atoms with E-state index >= 15 is 0 Å². The molecular formula is C14H21N3O2S. The molecule has 0 unspecified atom stereocenters. The summed E-state index contributed by atoms with van der Waals surface area (Å²) in [4.78, 5) is 27.0. The van der Waals surface area contributed by atoms with Gasteiger partial charge in [0.25, 0.3) is 5.91 Å². The number of thiophene rings is 1. The molecule has 0 aromatic carbocycles. The number of carbonyl (C=O) groups excluding carboxylic acids is 2. The van der Waals surface area contributed by atoms with Gasteiger partial charge in [-0.3, -0.25) is 9.59 Å². The van der Waals surface area contributed by atoms with E-state index in [2.05, 4.69) is 10.2 Å². The lowest BCUT2D eigenvalue weighted by Gasteiger charge is -2.16. The third-order valence-corrected chi connectivity index (χ3v) is 4.80. The summed E-state index contributed by atoms with van der Waals surface area (Å²) < 4.78 is 0. The van der Waals surface area contributed by atoms with Crippen molar-refractivity contribution in [1.29, 1.82) is 0 Å². The molecule has 0 aliphatic carbocycles. The number of hydrogen-bond acceptors (Lipinski definition) is 5. The molecule has 1 saturated heterocycles. The maximum atomic E-state index is 12.2. The molecule has 0 spiro atoms. The van der Waals surface area contributed by atoms with Crippen LogP contribution in [0, 0.1) is 5.92 Å². The van der Waals surface area contributed by atoms with Gasteiger partial charge in [-0.2, -0.15) is 0 Å². The van der Waals surface area contributed by atoms with E-state index in [4.69, 9.17) is 5.73 Å². The fourth-order valence-corrected chi connectivity index (χ4v) is 3.72. The first-order valence-electron chi connectivity index (χ1n) is 6.90. The zero-order valence-corrected chi connectivity index (χ0v) is 13.0. The molecule has 1 aliphatic heterocycles. The lowest BCUT2D eigenvalue weighted by Crippen LogP contribution is -2.24. The number of carbonyl (C=O) groups is 2. The molecule has 1 aliphatic rings. The van der Waals surface area contributed by atoms with Gasteiger partial charge < -0.3 is 16.0 Å². The predicted octanol–water partition coefficient (Wildman–Crippen LogP) is 2.13. The topological polar surface area (TPSA) is 75.4 Å². The molecule has 3 N–H and O–H groups in total. The van der Waals surface area contributed by atoms with Gasteiger partial charge in [0.1, 0.15) is 5.00 Å². The fourth-order valence-electron chi connectivity index (χ4n) is 2.36. The maximum Gasteiger partial charge on any atom is 0.256 e. The summed E-state index contributed by atoms with van der Waals surface area (Å²) in [5, 5.41) is 3.45. The highest BCUT2D eigenvalue weighted by Gasteiger charge is 2.29. The van der Waals surface area contributed by atoms with Crippen molar-refractivity contribution in [2.45, 2.75) is 26.7 Å². The first-order valence-corrected chi connectivity index (χ1v) is 7.72. The van der Waals surface area contributed by atoms with Crippen molar-refractivity contribution in [2.75, 3.05) is 30.8 Å². The number of anilines is 2. The molecule has 5 nitrogen and oxygen atoms in total. The summed E-state index contributed by atoms with van der Waals surface area (Å²) in [6.07, 6.45) is 2.22. The van der Waals surface area contributed by atoms with E-state index in [-0.39, 0.29) is 17.6 Å². The highest BCUT2D eigenvalue weighted by molar-refractivity contribution is 7.19. The Bertz CT molecular complexity index is 531. The van der Waals surface area contributed by atoms with E-state index in [9.17, 15) is 9.59 Å². The molecule has 2 rings (SSSR count). The monoisotopic (exact) mass is 295 g/mol. The second-order valence-electron chi connectivity index (χ2n) is 5.32. The second-order valence-corrected chi connectivity index (χ2v) is 6.32. The summed E-state index contributed by atoms with van der Waals surface area (Å²) >= 11 is 1.35. The molecule has 1 fully saturated rings. The van der Waals surface area contributed by atoms with Crippen LogP contribution in [0.4, 0.5) is 10.7 Å². The molecular weight excluding hydrogens is 274 g/mol. The largest absolute Gasteiger partial charge is 0.397 e. The molecule has 0 atom stereocenters. The van der Waals surface area contributed by atoms with Crippen LogP contribution in [0.1, 0.15) is 46.7 Å². The summed E-state index contributed by atoms with van der Waals surface area (Å²) in [7, 11) is 1.58. The SMILES string of the molecule is CNC(=O)c1c(N2CCCC2)sc(C(=O)C(C)C)c1N. The lowest BCUT2D eigenvalue weighted by atomic mass is 10.1. The number of nitrogens with one attached hydrogen (secondary N) is 1. The van der Waals surface area contributed by atoms with Crippen LogP contribution in [0.3, 0.4) is 0 Å². The van der Waals surface area contributed by atoms with Crippen LogP contribution in [0.5, 0.6) is 0 Å². The van der Waals surface area contributed by atoms with Crippen LogP contribution in [0.25, 0.3) is 0 Å². The Morgan fingerprint density at radius 3 is 2.40 bits per heavy atom. The molecule has 0 saturated carbocycles. The Morgan fingerprint density at radius 2 is 1.90 bits per heavy atom. The van der Waals surface area contributed by atoms with Crippen molar-refractivity contribution in [3.05, 3.63) is 10.4 Å². The molecule has 110 valence electrons. The summed E-state index contributed by atoms with van der Waals surface area (Å²) in [5.41, 5.74) is 6.88. The molecule has 1 aromatic heterocycles. The van der Waals surface area contributed by atoms with E-state index in [1.165, 1.54) is 11.3 Å². The predicted molar refractivity (Wildman–Crippen MR) is 82.7 cm³/mol. The quantitative estimate of drug-likeness (QED) is 0.834. The summed E-state index contributed by atoms with van der Waals surface area (Å²) in [5.74, 6) is -0.341. The van der Waals surface area contributed by atoms with Gasteiger partial charge in [-0.15, -0.1) is 11.3 Å². The van der Waals surface area contributed by atoms with Gasteiger partial charge in [0.2, 0.25) is 0 Å². The average molecular weight is 295 g/mol. The van der Waals surface area contributed by atoms with Crippen molar-refractivity contribution in [3.63, 3.8) is 0 Å². The van der Waals surface area contributed by atoms with Gasteiger partial charge in [0.05, 0.1) is 16.1 Å². The molecule has 0 radical (unpaired) electrons. The standard InChI is InChI=1S/C14H21N3O2S/c1-8(2)11(18)12-10(15)9(13(19)16-3)14(20-12)17-6-4-5-7-17/h8H,4-7,15H2,1-3H3,(H,16,19). The first kappa shape index (κ1) is 14.8. The molecule has 20 heavy (non-hydrogen) atoms. The summed E-state index contributed by atoms with van der Waals surface area (Å²) in [6.45, 7) is 5.52. The normalized spacial score (nSPS) is 14.9. The van der Waals surface area contributed by atoms with E-state index < -0.39 is 0 Å². The molecule has 0 bridgehead atoms. The number of rotatable bonds is 4. The number of nitrogens with two attached hydrogens (primary N) is 1. The third kappa shape index (κ3) is 2.52. The smallest absolute Gasteiger partial charge is 0.256 e. The van der Waals surface area contributed by atoms with Crippen molar-refractivity contribution >= 4 is 33.7 Å². The van der Waals surface area contributed by atoms with Crippen molar-refractivity contribution in [2.24, 2.45) is 5.92 Å². The van der Waals surface area contributed by atoms with E-state index in [0.29, 0.717) is 16.1 Å². The molecule has 2 heterocycles. The maximum absolute atomic E-state index is 12.2. The number of hydrogen-bond donors (Lipinski definition) is 2. The Morgan fingerprint density at radius 1 is 1.30 bits per heavy atom.